The van der Waals surface area contributed by atoms with Crippen LogP contribution in [0.25, 0.3) is 10.6 Å². The van der Waals surface area contributed by atoms with Gasteiger partial charge < -0.3 is 15.7 Å². The van der Waals surface area contributed by atoms with Gasteiger partial charge in [-0.15, -0.1) is 11.3 Å². The molecule has 0 fully saturated rings. The molecule has 3 aromatic rings. The summed E-state index contributed by atoms with van der Waals surface area (Å²) >= 11 is 1.39. The number of rotatable bonds is 6. The van der Waals surface area contributed by atoms with Crippen LogP contribution in [0.1, 0.15) is 34.6 Å². The maximum Gasteiger partial charge on any atom is 0.262 e. The standard InChI is InChI=1S/C21H24N4O2S/c1-13-8-9-22-18(10-13)24-17-7-5-6-15(23-17)16-11-14(2)19(28-16)20(27)25-21(3,4)12-26/h5-11,26H,12H2,1-4H3,(H,25,27)(H,22,23,24). The van der Waals surface area contributed by atoms with E-state index in [0.29, 0.717) is 10.7 Å². The Labute approximate surface area is 168 Å². The lowest BCUT2D eigenvalue weighted by molar-refractivity contribution is 0.0873. The van der Waals surface area contributed by atoms with Gasteiger partial charge in [-0.3, -0.25) is 4.79 Å². The fourth-order valence-electron chi connectivity index (χ4n) is 2.61. The summed E-state index contributed by atoms with van der Waals surface area (Å²) < 4.78 is 0. The van der Waals surface area contributed by atoms with Gasteiger partial charge in [0, 0.05) is 6.20 Å². The highest BCUT2D eigenvalue weighted by molar-refractivity contribution is 7.17. The van der Waals surface area contributed by atoms with Crippen LogP contribution in [0.15, 0.2) is 42.6 Å². The zero-order chi connectivity index (χ0) is 20.3. The number of nitrogens with one attached hydrogen (secondary N) is 2. The first kappa shape index (κ1) is 20.0. The summed E-state index contributed by atoms with van der Waals surface area (Å²) in [5, 5.41) is 15.4. The second-order valence-corrected chi connectivity index (χ2v) is 8.42. The molecule has 28 heavy (non-hydrogen) atoms. The maximum absolute atomic E-state index is 12.6. The van der Waals surface area contributed by atoms with Crippen LogP contribution in [0, 0.1) is 13.8 Å². The normalized spacial score (nSPS) is 11.3. The summed E-state index contributed by atoms with van der Waals surface area (Å²) in [6, 6.07) is 11.6. The summed E-state index contributed by atoms with van der Waals surface area (Å²) in [5.41, 5.74) is 2.11. The van der Waals surface area contributed by atoms with E-state index >= 15 is 0 Å². The van der Waals surface area contributed by atoms with Crippen LogP contribution >= 0.6 is 11.3 Å². The molecule has 0 atom stereocenters. The number of aryl methyl sites for hydroxylation is 2. The first-order valence-electron chi connectivity index (χ1n) is 8.98. The Hall–Kier alpha value is -2.77. The number of pyridine rings is 2. The van der Waals surface area contributed by atoms with Gasteiger partial charge in [-0.1, -0.05) is 6.07 Å². The van der Waals surface area contributed by atoms with E-state index in [1.165, 1.54) is 11.3 Å². The molecule has 0 aliphatic rings. The summed E-state index contributed by atoms with van der Waals surface area (Å²) in [7, 11) is 0. The number of carbonyl (C=O) groups is 1. The van der Waals surface area contributed by atoms with E-state index in [1.807, 2.05) is 50.2 Å². The predicted octanol–water partition coefficient (Wildman–Crippen LogP) is 4.07. The quantitative estimate of drug-likeness (QED) is 0.585. The minimum Gasteiger partial charge on any atom is -0.394 e. The topological polar surface area (TPSA) is 87.1 Å². The minimum absolute atomic E-state index is 0.127. The molecule has 3 heterocycles. The van der Waals surface area contributed by atoms with Crippen molar-refractivity contribution in [1.29, 1.82) is 0 Å². The van der Waals surface area contributed by atoms with Crippen molar-refractivity contribution in [2.24, 2.45) is 0 Å². The third kappa shape index (κ3) is 4.74. The second kappa shape index (κ2) is 8.08. The fraction of sp³-hybridized carbons (Fsp3) is 0.286. The molecule has 0 saturated carbocycles. The highest BCUT2D eigenvalue weighted by Gasteiger charge is 2.23. The fourth-order valence-corrected chi connectivity index (χ4v) is 3.65. The van der Waals surface area contributed by atoms with E-state index < -0.39 is 5.54 Å². The van der Waals surface area contributed by atoms with Crippen LogP contribution in [-0.4, -0.2) is 33.1 Å². The van der Waals surface area contributed by atoms with Crippen molar-refractivity contribution in [2.75, 3.05) is 11.9 Å². The molecule has 0 saturated heterocycles. The average Bonchev–Trinajstić information content (AvgIpc) is 3.04. The number of carbonyl (C=O) groups excluding carboxylic acids is 1. The molecule has 146 valence electrons. The summed E-state index contributed by atoms with van der Waals surface area (Å²) in [4.78, 5) is 23.1. The molecule has 0 aromatic carbocycles. The van der Waals surface area contributed by atoms with Gasteiger partial charge >= 0.3 is 0 Å². The third-order valence-corrected chi connectivity index (χ3v) is 5.40. The predicted molar refractivity (Wildman–Crippen MR) is 113 cm³/mol. The molecule has 0 aliphatic heterocycles. The average molecular weight is 397 g/mol. The number of aromatic nitrogens is 2. The van der Waals surface area contributed by atoms with Crippen LogP contribution in [-0.2, 0) is 0 Å². The Balaban J connectivity index is 1.83. The molecule has 6 nitrogen and oxygen atoms in total. The van der Waals surface area contributed by atoms with Gasteiger partial charge in [-0.2, -0.15) is 0 Å². The Morgan fingerprint density at radius 2 is 1.96 bits per heavy atom. The van der Waals surface area contributed by atoms with Crippen molar-refractivity contribution in [3.8, 4) is 10.6 Å². The monoisotopic (exact) mass is 396 g/mol. The van der Waals surface area contributed by atoms with E-state index in [0.717, 1.165) is 27.5 Å². The van der Waals surface area contributed by atoms with Gasteiger partial charge in [0.25, 0.3) is 5.91 Å². The van der Waals surface area contributed by atoms with Crippen molar-refractivity contribution in [2.45, 2.75) is 33.2 Å². The first-order chi connectivity index (χ1) is 13.3. The number of nitrogens with zero attached hydrogens (tertiary/aromatic N) is 2. The molecular formula is C21H24N4O2S. The number of aliphatic hydroxyl groups excluding tert-OH is 1. The minimum atomic E-state index is -0.670. The molecule has 0 unspecified atom stereocenters. The van der Waals surface area contributed by atoms with Crippen molar-refractivity contribution in [3.63, 3.8) is 0 Å². The molecule has 3 N–H and O–H groups in total. The zero-order valence-electron chi connectivity index (χ0n) is 16.4. The lowest BCUT2D eigenvalue weighted by Crippen LogP contribution is -2.46. The van der Waals surface area contributed by atoms with Crippen LogP contribution in [0.3, 0.4) is 0 Å². The van der Waals surface area contributed by atoms with E-state index in [2.05, 4.69) is 20.6 Å². The molecule has 1 amide bonds. The Morgan fingerprint density at radius 3 is 2.68 bits per heavy atom. The number of hydrogen-bond acceptors (Lipinski definition) is 6. The van der Waals surface area contributed by atoms with Gasteiger partial charge in [0.15, 0.2) is 0 Å². The molecule has 3 aromatic heterocycles. The molecular weight excluding hydrogens is 372 g/mol. The van der Waals surface area contributed by atoms with Crippen molar-refractivity contribution < 1.29 is 9.90 Å². The maximum atomic E-state index is 12.6. The zero-order valence-corrected chi connectivity index (χ0v) is 17.2. The van der Waals surface area contributed by atoms with Crippen LogP contribution in [0.2, 0.25) is 0 Å². The largest absolute Gasteiger partial charge is 0.394 e. The highest BCUT2D eigenvalue weighted by atomic mass is 32.1. The van der Waals surface area contributed by atoms with Gasteiger partial charge in [0.05, 0.1) is 27.6 Å². The lowest BCUT2D eigenvalue weighted by Gasteiger charge is -2.23. The molecule has 7 heteroatoms. The number of anilines is 2. The smallest absolute Gasteiger partial charge is 0.262 e. The van der Waals surface area contributed by atoms with E-state index in [9.17, 15) is 9.90 Å². The van der Waals surface area contributed by atoms with Gasteiger partial charge in [-0.25, -0.2) is 9.97 Å². The number of hydrogen-bond donors (Lipinski definition) is 3. The highest BCUT2D eigenvalue weighted by Crippen LogP contribution is 2.31. The van der Waals surface area contributed by atoms with Crippen LogP contribution in [0.5, 0.6) is 0 Å². The van der Waals surface area contributed by atoms with Gasteiger partial charge in [0.1, 0.15) is 11.6 Å². The first-order valence-corrected chi connectivity index (χ1v) is 9.80. The number of thiophene rings is 1. The van der Waals surface area contributed by atoms with Gasteiger partial charge in [-0.05, 0) is 69.2 Å². The molecule has 0 spiro atoms. The Bertz CT molecular complexity index is 998. The van der Waals surface area contributed by atoms with E-state index in [4.69, 9.17) is 0 Å². The van der Waals surface area contributed by atoms with Crippen LogP contribution in [0.4, 0.5) is 11.6 Å². The van der Waals surface area contributed by atoms with Crippen LogP contribution < -0.4 is 10.6 Å². The molecule has 0 aliphatic carbocycles. The van der Waals surface area contributed by atoms with Crippen molar-refractivity contribution >= 4 is 28.9 Å². The second-order valence-electron chi connectivity index (χ2n) is 7.37. The third-order valence-electron chi connectivity index (χ3n) is 4.14. The van der Waals surface area contributed by atoms with Crippen molar-refractivity contribution in [3.05, 3.63) is 58.6 Å². The van der Waals surface area contributed by atoms with E-state index in [1.54, 1.807) is 20.0 Å². The van der Waals surface area contributed by atoms with Gasteiger partial charge in [0.2, 0.25) is 0 Å². The van der Waals surface area contributed by atoms with E-state index in [-0.39, 0.29) is 12.5 Å². The molecule has 0 radical (unpaired) electrons. The number of aliphatic hydroxyl groups is 1. The molecule has 3 rings (SSSR count). The SMILES string of the molecule is Cc1ccnc(Nc2cccc(-c3cc(C)c(C(=O)NC(C)(C)CO)s3)n2)c1. The summed E-state index contributed by atoms with van der Waals surface area (Å²) in [6.45, 7) is 7.35. The Morgan fingerprint density at radius 1 is 1.18 bits per heavy atom. The van der Waals surface area contributed by atoms with Crippen molar-refractivity contribution in [1.82, 2.24) is 15.3 Å². The molecule has 0 bridgehead atoms. The summed E-state index contributed by atoms with van der Waals surface area (Å²) in [6.07, 6.45) is 1.75. The number of amides is 1. The lowest BCUT2D eigenvalue weighted by atomic mass is 10.1. The Kier molecular flexibility index (Phi) is 5.76. The summed E-state index contributed by atoms with van der Waals surface area (Å²) in [5.74, 6) is 1.23.